The number of fused-ring (bicyclic) bond motifs is 1. The lowest BCUT2D eigenvalue weighted by Gasteiger charge is -2.16. The quantitative estimate of drug-likeness (QED) is 0.768. The van der Waals surface area contributed by atoms with Crippen molar-refractivity contribution in [3.05, 3.63) is 18.2 Å². The number of rotatable bonds is 7. The smallest absolute Gasteiger partial charge is 0.322 e. The fraction of sp³-hybridized carbons (Fsp3) is 0.533. The molecule has 1 aromatic rings. The van der Waals surface area contributed by atoms with Crippen molar-refractivity contribution in [2.24, 2.45) is 0 Å². The minimum atomic E-state index is -0.309. The number of carbonyl (C=O) groups is 1. The van der Waals surface area contributed by atoms with Crippen molar-refractivity contribution in [2.45, 2.75) is 31.3 Å². The third-order valence-corrected chi connectivity index (χ3v) is 3.52. The molecule has 1 aliphatic heterocycles. The number of hydrogen-bond acceptors (Lipinski definition) is 6. The van der Waals surface area contributed by atoms with Crippen LogP contribution in [-0.4, -0.2) is 38.6 Å². The molecule has 0 amide bonds. The van der Waals surface area contributed by atoms with Crippen LogP contribution in [0.5, 0.6) is 17.2 Å². The van der Waals surface area contributed by atoms with Crippen LogP contribution in [0.3, 0.4) is 0 Å². The van der Waals surface area contributed by atoms with Gasteiger partial charge in [-0.3, -0.25) is 4.79 Å². The van der Waals surface area contributed by atoms with Gasteiger partial charge in [-0.05, 0) is 25.0 Å². The van der Waals surface area contributed by atoms with Crippen LogP contribution in [0.25, 0.3) is 0 Å². The number of benzene rings is 1. The summed E-state index contributed by atoms with van der Waals surface area (Å²) in [4.78, 5) is 11.7. The van der Waals surface area contributed by atoms with Gasteiger partial charge < -0.3 is 24.3 Å². The Hall–Kier alpha value is -1.95. The molecule has 1 heterocycles. The minimum absolute atomic E-state index is 0.240. The molecule has 1 aromatic carbocycles. The molecule has 6 nitrogen and oxygen atoms in total. The van der Waals surface area contributed by atoms with Crippen LogP contribution in [0.2, 0.25) is 0 Å². The van der Waals surface area contributed by atoms with Gasteiger partial charge in [0.1, 0.15) is 11.8 Å². The highest BCUT2D eigenvalue weighted by molar-refractivity contribution is 5.75. The van der Waals surface area contributed by atoms with E-state index in [4.69, 9.17) is 18.9 Å². The average Bonchev–Trinajstić information content (AvgIpc) is 3.20. The van der Waals surface area contributed by atoms with Gasteiger partial charge in [-0.1, -0.05) is 0 Å². The van der Waals surface area contributed by atoms with E-state index in [9.17, 15) is 4.79 Å². The summed E-state index contributed by atoms with van der Waals surface area (Å²) in [6.07, 6.45) is 2.81. The first kappa shape index (κ1) is 14.0. The first-order valence-corrected chi connectivity index (χ1v) is 7.12. The number of hydrogen-bond donors (Lipinski definition) is 1. The van der Waals surface area contributed by atoms with Crippen LogP contribution in [0.4, 0.5) is 0 Å². The number of carbonyl (C=O) groups excluding carboxylic acids is 1. The van der Waals surface area contributed by atoms with Gasteiger partial charge in [-0.2, -0.15) is 0 Å². The first-order valence-electron chi connectivity index (χ1n) is 7.12. The molecule has 0 aromatic heterocycles. The van der Waals surface area contributed by atoms with E-state index in [2.05, 4.69) is 5.32 Å². The van der Waals surface area contributed by atoms with E-state index in [-0.39, 0.29) is 18.8 Å². The normalized spacial score (nSPS) is 17.4. The molecule has 1 fully saturated rings. The van der Waals surface area contributed by atoms with E-state index in [1.165, 1.54) is 7.11 Å². The van der Waals surface area contributed by atoms with E-state index in [0.29, 0.717) is 30.6 Å². The van der Waals surface area contributed by atoms with Gasteiger partial charge in [0.05, 0.1) is 13.7 Å². The van der Waals surface area contributed by atoms with Gasteiger partial charge in [0.2, 0.25) is 6.79 Å². The molecular weight excluding hydrogens is 274 g/mol. The molecule has 0 spiro atoms. The highest BCUT2D eigenvalue weighted by Crippen LogP contribution is 2.35. The molecule has 6 heteroatoms. The van der Waals surface area contributed by atoms with Crippen LogP contribution in [0, 0.1) is 0 Å². The molecular formula is C15H19NO5. The van der Waals surface area contributed by atoms with Gasteiger partial charge in [-0.15, -0.1) is 0 Å². The van der Waals surface area contributed by atoms with E-state index in [1.807, 2.05) is 12.1 Å². The Morgan fingerprint density at radius 2 is 2.19 bits per heavy atom. The summed E-state index contributed by atoms with van der Waals surface area (Å²) in [6.45, 7) is 0.674. The van der Waals surface area contributed by atoms with E-state index in [1.54, 1.807) is 6.07 Å². The number of nitrogens with one attached hydrogen (secondary N) is 1. The first-order chi connectivity index (χ1) is 10.3. The summed E-state index contributed by atoms with van der Waals surface area (Å²) >= 11 is 0. The Morgan fingerprint density at radius 3 is 2.95 bits per heavy atom. The summed E-state index contributed by atoms with van der Waals surface area (Å²) in [7, 11) is 1.41. The zero-order chi connectivity index (χ0) is 14.7. The van der Waals surface area contributed by atoms with E-state index >= 15 is 0 Å². The Morgan fingerprint density at radius 1 is 1.38 bits per heavy atom. The lowest BCUT2D eigenvalue weighted by molar-refractivity contribution is -0.143. The molecule has 1 N–H and O–H groups in total. The largest absolute Gasteiger partial charge is 0.493 e. The second kappa shape index (κ2) is 6.22. The average molecular weight is 293 g/mol. The van der Waals surface area contributed by atoms with E-state index < -0.39 is 0 Å². The molecule has 21 heavy (non-hydrogen) atoms. The van der Waals surface area contributed by atoms with E-state index in [0.717, 1.165) is 18.6 Å². The summed E-state index contributed by atoms with van der Waals surface area (Å²) < 4.78 is 21.0. The maximum Gasteiger partial charge on any atom is 0.322 e. The summed E-state index contributed by atoms with van der Waals surface area (Å²) in [5, 5.41) is 3.27. The van der Waals surface area contributed by atoms with Crippen LogP contribution in [0.1, 0.15) is 19.3 Å². The molecule has 3 rings (SSSR count). The third-order valence-electron chi connectivity index (χ3n) is 3.52. The second-order valence-electron chi connectivity index (χ2n) is 5.17. The highest BCUT2D eigenvalue weighted by Gasteiger charge is 2.28. The van der Waals surface area contributed by atoms with Gasteiger partial charge in [0, 0.05) is 18.5 Å². The van der Waals surface area contributed by atoms with Crippen LogP contribution in [-0.2, 0) is 9.53 Å². The molecule has 0 saturated heterocycles. The van der Waals surface area contributed by atoms with Gasteiger partial charge in [-0.25, -0.2) is 0 Å². The molecule has 0 bridgehead atoms. The monoisotopic (exact) mass is 293 g/mol. The molecule has 1 atom stereocenters. The Labute approximate surface area is 123 Å². The lowest BCUT2D eigenvalue weighted by atomic mass is 10.2. The van der Waals surface area contributed by atoms with Crippen LogP contribution in [0.15, 0.2) is 18.2 Å². The van der Waals surface area contributed by atoms with Crippen molar-refractivity contribution in [3.63, 3.8) is 0 Å². The predicted octanol–water partition coefficient (Wildman–Crippen LogP) is 1.48. The van der Waals surface area contributed by atoms with Crippen molar-refractivity contribution in [3.8, 4) is 17.2 Å². The maximum absolute atomic E-state index is 11.7. The molecule has 2 aliphatic rings. The molecule has 114 valence electrons. The van der Waals surface area contributed by atoms with Gasteiger partial charge >= 0.3 is 5.97 Å². The third kappa shape index (κ3) is 3.58. The Kier molecular flexibility index (Phi) is 4.15. The van der Waals surface area contributed by atoms with Crippen molar-refractivity contribution in [2.75, 3.05) is 20.5 Å². The number of esters is 1. The Bertz CT molecular complexity index is 515. The molecule has 1 unspecified atom stereocenters. The molecule has 0 radical (unpaired) electrons. The van der Waals surface area contributed by atoms with Crippen LogP contribution < -0.4 is 19.5 Å². The van der Waals surface area contributed by atoms with Gasteiger partial charge in [0.15, 0.2) is 11.5 Å². The maximum atomic E-state index is 11.7. The fourth-order valence-corrected chi connectivity index (χ4v) is 2.21. The molecule has 1 aliphatic carbocycles. The zero-order valence-corrected chi connectivity index (χ0v) is 12.0. The zero-order valence-electron chi connectivity index (χ0n) is 12.0. The second-order valence-corrected chi connectivity index (χ2v) is 5.17. The number of methoxy groups -OCH3 is 1. The Balaban J connectivity index is 1.50. The highest BCUT2D eigenvalue weighted by atomic mass is 16.7. The van der Waals surface area contributed by atoms with Gasteiger partial charge in [0.25, 0.3) is 0 Å². The fourth-order valence-electron chi connectivity index (χ4n) is 2.21. The van der Waals surface area contributed by atoms with Crippen molar-refractivity contribution in [1.82, 2.24) is 5.32 Å². The minimum Gasteiger partial charge on any atom is -0.493 e. The van der Waals surface area contributed by atoms with Crippen LogP contribution >= 0.6 is 0 Å². The number of ether oxygens (including phenoxy) is 4. The lowest BCUT2D eigenvalue weighted by Crippen LogP contribution is -2.40. The SMILES string of the molecule is COC(=O)C(CCOc1ccc2c(c1)OCO2)NC1CC1. The van der Waals surface area contributed by atoms with Crippen molar-refractivity contribution in [1.29, 1.82) is 0 Å². The molecule has 1 saturated carbocycles. The predicted molar refractivity (Wildman–Crippen MR) is 74.6 cm³/mol. The topological polar surface area (TPSA) is 66.0 Å². The summed E-state index contributed by atoms with van der Waals surface area (Å²) in [5.74, 6) is 1.88. The van der Waals surface area contributed by atoms with Crippen molar-refractivity contribution >= 4 is 5.97 Å². The summed E-state index contributed by atoms with van der Waals surface area (Å²) in [6, 6.07) is 5.58. The van der Waals surface area contributed by atoms with Crippen molar-refractivity contribution < 1.29 is 23.7 Å². The summed E-state index contributed by atoms with van der Waals surface area (Å²) in [5.41, 5.74) is 0. The standard InChI is InChI=1S/C15H19NO5/c1-18-15(17)12(16-10-2-3-10)6-7-19-11-4-5-13-14(8-11)21-9-20-13/h4-5,8,10,12,16H,2-3,6-7,9H2,1H3.